The van der Waals surface area contributed by atoms with Gasteiger partial charge in [0, 0.05) is 38.9 Å². The summed E-state index contributed by atoms with van der Waals surface area (Å²) in [6, 6.07) is -0.242. The minimum atomic E-state index is -0.242. The number of halogens is 1. The van der Waals surface area contributed by atoms with Crippen molar-refractivity contribution < 1.29 is 14.0 Å². The zero-order valence-corrected chi connectivity index (χ0v) is 18.9. The number of carbonyl (C=O) groups is 2. The predicted molar refractivity (Wildman–Crippen MR) is 118 cm³/mol. The lowest BCUT2D eigenvalue weighted by molar-refractivity contribution is -0.138. The van der Waals surface area contributed by atoms with Gasteiger partial charge in [-0.2, -0.15) is 0 Å². The molecule has 0 aromatic carbocycles. The lowest BCUT2D eigenvalue weighted by atomic mass is 9.68. The number of amides is 1. The van der Waals surface area contributed by atoms with Crippen LogP contribution in [0.1, 0.15) is 59.8 Å². The van der Waals surface area contributed by atoms with Gasteiger partial charge in [-0.1, -0.05) is 51.5 Å². The molecule has 3 atom stereocenters. The lowest BCUT2D eigenvalue weighted by Gasteiger charge is -2.47. The summed E-state index contributed by atoms with van der Waals surface area (Å²) in [5, 5.41) is 3.46. The Bertz CT molecular complexity index is 750. The van der Waals surface area contributed by atoms with Crippen molar-refractivity contribution in [2.75, 3.05) is 19.6 Å². The second kappa shape index (κ2) is 9.59. The van der Waals surface area contributed by atoms with Gasteiger partial charge >= 0.3 is 0 Å². The fourth-order valence-electron chi connectivity index (χ4n) is 5.21. The van der Waals surface area contributed by atoms with Crippen molar-refractivity contribution in [3.05, 3.63) is 35.7 Å². The van der Waals surface area contributed by atoms with Crippen molar-refractivity contribution in [3.8, 4) is 0 Å². The monoisotopic (exact) mass is 416 g/mol. The Labute approximate surface area is 180 Å². The van der Waals surface area contributed by atoms with Gasteiger partial charge < -0.3 is 10.2 Å². The number of nitrogens with zero attached hydrogens (tertiary/aromatic N) is 1. The van der Waals surface area contributed by atoms with Crippen LogP contribution >= 0.6 is 0 Å². The Morgan fingerprint density at radius 2 is 2.07 bits per heavy atom. The van der Waals surface area contributed by atoms with E-state index in [9.17, 15) is 14.0 Å². The molecular formula is C25H37FN2O2. The molecule has 0 bridgehead atoms. The van der Waals surface area contributed by atoms with E-state index in [1.165, 1.54) is 5.57 Å². The van der Waals surface area contributed by atoms with E-state index in [0.717, 1.165) is 19.4 Å². The van der Waals surface area contributed by atoms with E-state index < -0.39 is 0 Å². The molecule has 166 valence electrons. The van der Waals surface area contributed by atoms with Crippen LogP contribution in [-0.4, -0.2) is 42.3 Å². The molecule has 2 unspecified atom stereocenters. The van der Waals surface area contributed by atoms with Crippen molar-refractivity contribution in [1.82, 2.24) is 10.2 Å². The number of rotatable bonds is 6. The van der Waals surface area contributed by atoms with Crippen LogP contribution in [0.2, 0.25) is 0 Å². The van der Waals surface area contributed by atoms with Crippen molar-refractivity contribution in [1.29, 1.82) is 0 Å². The summed E-state index contributed by atoms with van der Waals surface area (Å²) >= 11 is 0. The quantitative estimate of drug-likeness (QED) is 0.645. The Morgan fingerprint density at radius 1 is 1.30 bits per heavy atom. The van der Waals surface area contributed by atoms with Gasteiger partial charge in [0.25, 0.3) is 0 Å². The third-order valence-electron chi connectivity index (χ3n) is 6.90. The van der Waals surface area contributed by atoms with E-state index in [4.69, 9.17) is 0 Å². The molecule has 2 aliphatic carbocycles. The van der Waals surface area contributed by atoms with Crippen LogP contribution in [-0.2, 0) is 9.59 Å². The maximum atomic E-state index is 13.4. The molecule has 1 aliphatic heterocycles. The predicted octanol–water partition coefficient (Wildman–Crippen LogP) is 4.58. The van der Waals surface area contributed by atoms with Crippen LogP contribution in [0.15, 0.2) is 35.7 Å². The molecule has 0 spiro atoms. The van der Waals surface area contributed by atoms with Gasteiger partial charge in [-0.25, -0.2) is 4.39 Å². The molecular weight excluding hydrogens is 379 g/mol. The van der Waals surface area contributed by atoms with Crippen molar-refractivity contribution >= 4 is 11.7 Å². The van der Waals surface area contributed by atoms with Crippen molar-refractivity contribution in [2.24, 2.45) is 23.2 Å². The molecule has 5 heteroatoms. The highest BCUT2D eigenvalue weighted by Gasteiger charge is 2.41. The summed E-state index contributed by atoms with van der Waals surface area (Å²) in [6.45, 7) is 10.7. The van der Waals surface area contributed by atoms with Crippen molar-refractivity contribution in [2.45, 2.75) is 65.8 Å². The molecule has 30 heavy (non-hydrogen) atoms. The SMILES string of the molecule is CC(C)[C@@H](NCC1C=CCC(=O)C1)C(=O)N1CCC(C2=CC=C(F)CC2)C(C)(C)C1. The summed E-state index contributed by atoms with van der Waals surface area (Å²) in [4.78, 5) is 27.1. The minimum absolute atomic E-state index is 0.0375. The number of piperidine rings is 1. The Kier molecular flexibility index (Phi) is 7.33. The maximum absolute atomic E-state index is 13.4. The normalized spacial score (nSPS) is 27.7. The van der Waals surface area contributed by atoms with Gasteiger partial charge in [-0.3, -0.25) is 9.59 Å². The number of carbonyl (C=O) groups excluding carboxylic acids is 2. The maximum Gasteiger partial charge on any atom is 0.239 e. The molecule has 0 saturated carbocycles. The number of hydrogen-bond donors (Lipinski definition) is 1. The van der Waals surface area contributed by atoms with E-state index in [2.05, 4.69) is 39.1 Å². The molecule has 0 aromatic rings. The lowest BCUT2D eigenvalue weighted by Crippen LogP contribution is -2.56. The molecule has 1 heterocycles. The second-order valence-electron chi connectivity index (χ2n) is 10.2. The average molecular weight is 417 g/mol. The van der Waals surface area contributed by atoms with E-state index in [0.29, 0.717) is 38.3 Å². The van der Waals surface area contributed by atoms with Gasteiger partial charge in [-0.05, 0) is 42.1 Å². The minimum Gasteiger partial charge on any atom is -0.341 e. The topological polar surface area (TPSA) is 49.4 Å². The fraction of sp³-hybridized carbons (Fsp3) is 0.680. The first-order valence-electron chi connectivity index (χ1n) is 11.4. The number of Topliss-reactive ketones (excluding diaryl/α,β-unsaturated/α-hetero) is 1. The van der Waals surface area contributed by atoms with Crippen molar-refractivity contribution in [3.63, 3.8) is 0 Å². The summed E-state index contributed by atoms with van der Waals surface area (Å²) in [5.41, 5.74) is 1.28. The van der Waals surface area contributed by atoms with Crippen LogP contribution in [0.4, 0.5) is 4.39 Å². The highest BCUT2D eigenvalue weighted by Crippen LogP contribution is 2.42. The second-order valence-corrected chi connectivity index (χ2v) is 10.2. The van der Waals surface area contributed by atoms with E-state index >= 15 is 0 Å². The van der Waals surface area contributed by atoms with Crippen LogP contribution in [0, 0.1) is 23.2 Å². The third-order valence-corrected chi connectivity index (χ3v) is 6.90. The number of hydrogen-bond acceptors (Lipinski definition) is 3. The summed E-state index contributed by atoms with van der Waals surface area (Å²) in [7, 11) is 0. The first-order valence-corrected chi connectivity index (χ1v) is 11.4. The Hall–Kier alpha value is -1.75. The summed E-state index contributed by atoms with van der Waals surface area (Å²) in [6.07, 6.45) is 10.9. The largest absolute Gasteiger partial charge is 0.341 e. The first-order chi connectivity index (χ1) is 14.2. The summed E-state index contributed by atoms with van der Waals surface area (Å²) < 4.78 is 13.4. The molecule has 1 N–H and O–H groups in total. The number of allylic oxidation sites excluding steroid dienone is 5. The van der Waals surface area contributed by atoms with Gasteiger partial charge in [-0.15, -0.1) is 0 Å². The number of likely N-dealkylation sites (tertiary alicyclic amines) is 1. The number of ketones is 1. The highest BCUT2D eigenvalue weighted by atomic mass is 19.1. The van der Waals surface area contributed by atoms with Crippen LogP contribution in [0.5, 0.6) is 0 Å². The molecule has 3 rings (SSSR count). The molecule has 4 nitrogen and oxygen atoms in total. The molecule has 1 fully saturated rings. The van der Waals surface area contributed by atoms with E-state index in [1.807, 2.05) is 17.1 Å². The fourth-order valence-corrected chi connectivity index (χ4v) is 5.21. The molecule has 1 saturated heterocycles. The zero-order chi connectivity index (χ0) is 21.9. The Morgan fingerprint density at radius 3 is 2.67 bits per heavy atom. The van der Waals surface area contributed by atoms with Crippen LogP contribution in [0.25, 0.3) is 0 Å². The number of nitrogens with one attached hydrogen (secondary N) is 1. The highest BCUT2D eigenvalue weighted by molar-refractivity contribution is 5.83. The van der Waals surface area contributed by atoms with Gasteiger partial charge in [0.15, 0.2) is 0 Å². The van der Waals surface area contributed by atoms with Gasteiger partial charge in [0.1, 0.15) is 11.6 Å². The third kappa shape index (κ3) is 5.48. The molecule has 1 amide bonds. The first kappa shape index (κ1) is 22.9. The molecule has 0 radical (unpaired) electrons. The van der Waals surface area contributed by atoms with Gasteiger partial charge in [0.05, 0.1) is 6.04 Å². The van der Waals surface area contributed by atoms with E-state index in [1.54, 1.807) is 6.08 Å². The van der Waals surface area contributed by atoms with E-state index in [-0.39, 0.29) is 40.8 Å². The zero-order valence-electron chi connectivity index (χ0n) is 18.9. The van der Waals surface area contributed by atoms with Gasteiger partial charge in [0.2, 0.25) is 5.91 Å². The Balaban J connectivity index is 1.62. The smallest absolute Gasteiger partial charge is 0.239 e. The van der Waals surface area contributed by atoms with Crippen LogP contribution < -0.4 is 5.32 Å². The summed E-state index contributed by atoms with van der Waals surface area (Å²) in [5.74, 6) is 1.13. The van der Waals surface area contributed by atoms with Crippen LogP contribution in [0.3, 0.4) is 0 Å². The average Bonchev–Trinajstić information content (AvgIpc) is 2.68. The molecule has 0 aromatic heterocycles. The standard InChI is InChI=1S/C25H37FN2O2/c1-17(2)23(27-15-18-6-5-7-21(29)14-18)24(30)28-13-12-22(25(3,4)16-28)19-8-10-20(26)11-9-19/h5-6,8,10,17-18,22-23,27H,7,9,11-16H2,1-4H3/t18?,22?,23-/m1/s1. The molecule has 3 aliphatic rings.